The maximum atomic E-state index is 4.36. The fourth-order valence-corrected chi connectivity index (χ4v) is 3.36. The van der Waals surface area contributed by atoms with E-state index in [4.69, 9.17) is 0 Å². The van der Waals surface area contributed by atoms with Crippen molar-refractivity contribution in [3.63, 3.8) is 0 Å². The second kappa shape index (κ2) is 4.34. The highest BCUT2D eigenvalue weighted by molar-refractivity contribution is 5.51. The molecule has 1 aromatic carbocycles. The lowest BCUT2D eigenvalue weighted by atomic mass is 9.58. The summed E-state index contributed by atoms with van der Waals surface area (Å²) < 4.78 is 2.05. The largest absolute Gasteiger partial charge is 0.320 e. The van der Waals surface area contributed by atoms with Crippen LogP contribution in [0.25, 0.3) is 6.08 Å². The molecule has 0 atom stereocenters. The number of aryl methyl sites for hydroxylation is 1. The zero-order valence-electron chi connectivity index (χ0n) is 11.5. The van der Waals surface area contributed by atoms with Crippen LogP contribution in [0.5, 0.6) is 0 Å². The molecule has 1 heterocycles. The fraction of sp³-hybridized carbons (Fsp3) is 0.375. The maximum Gasteiger partial charge on any atom is 0.143 e. The summed E-state index contributed by atoms with van der Waals surface area (Å²) in [4.78, 5) is 0. The van der Waals surface area contributed by atoms with Gasteiger partial charge in [0.2, 0.25) is 0 Å². The third-order valence-electron chi connectivity index (χ3n) is 4.21. The molecule has 0 spiro atoms. The number of benzene rings is 1. The molecule has 2 aromatic rings. The van der Waals surface area contributed by atoms with E-state index in [2.05, 4.69) is 48.0 Å². The van der Waals surface area contributed by atoms with E-state index in [1.807, 2.05) is 17.7 Å². The Bertz CT molecular complexity index is 606. The highest BCUT2D eigenvalue weighted by Crippen LogP contribution is 2.51. The van der Waals surface area contributed by atoms with Crippen molar-refractivity contribution in [1.82, 2.24) is 14.8 Å². The van der Waals surface area contributed by atoms with Crippen LogP contribution in [0, 0.1) is 5.92 Å². The summed E-state index contributed by atoms with van der Waals surface area (Å²) in [6, 6.07) is 8.62. The Morgan fingerprint density at radius 1 is 1.42 bits per heavy atom. The molecule has 0 aliphatic heterocycles. The van der Waals surface area contributed by atoms with E-state index < -0.39 is 0 Å². The summed E-state index contributed by atoms with van der Waals surface area (Å²) in [6.07, 6.45) is 5.97. The minimum Gasteiger partial charge on any atom is -0.320 e. The Morgan fingerprint density at radius 2 is 2.21 bits per heavy atom. The fourth-order valence-electron chi connectivity index (χ4n) is 3.36. The highest BCUT2D eigenvalue weighted by atomic mass is 15.3. The number of rotatable bonds is 3. The Kier molecular flexibility index (Phi) is 2.77. The normalized spacial score (nSPS) is 25.9. The van der Waals surface area contributed by atoms with E-state index in [9.17, 15) is 0 Å². The van der Waals surface area contributed by atoms with Crippen LogP contribution in [0.15, 0.2) is 37.2 Å². The van der Waals surface area contributed by atoms with Gasteiger partial charge in [-0.1, -0.05) is 43.8 Å². The number of hydrogen-bond donors (Lipinski definition) is 0. The van der Waals surface area contributed by atoms with Crippen LogP contribution in [0.3, 0.4) is 0 Å². The van der Waals surface area contributed by atoms with Gasteiger partial charge in [0.1, 0.15) is 12.2 Å². The molecule has 1 fully saturated rings. The van der Waals surface area contributed by atoms with Gasteiger partial charge in [-0.2, -0.15) is 0 Å². The van der Waals surface area contributed by atoms with Crippen molar-refractivity contribution in [1.29, 1.82) is 0 Å². The van der Waals surface area contributed by atoms with E-state index in [1.165, 1.54) is 11.1 Å². The van der Waals surface area contributed by atoms with Crippen LogP contribution in [-0.2, 0) is 12.5 Å². The quantitative estimate of drug-likeness (QED) is 0.841. The van der Waals surface area contributed by atoms with Crippen molar-refractivity contribution in [2.24, 2.45) is 13.0 Å². The van der Waals surface area contributed by atoms with Crippen molar-refractivity contribution >= 4 is 6.08 Å². The first-order chi connectivity index (χ1) is 9.15. The van der Waals surface area contributed by atoms with Crippen LogP contribution in [0.2, 0.25) is 0 Å². The van der Waals surface area contributed by atoms with Gasteiger partial charge in [-0.15, -0.1) is 10.2 Å². The molecule has 19 heavy (non-hydrogen) atoms. The predicted octanol–water partition coefficient (Wildman–Crippen LogP) is 3.17. The first-order valence-corrected chi connectivity index (χ1v) is 6.73. The van der Waals surface area contributed by atoms with Crippen LogP contribution in [0.1, 0.15) is 36.7 Å². The molecular formula is C16H19N3. The summed E-state index contributed by atoms with van der Waals surface area (Å²) >= 11 is 0. The number of nitrogens with zero attached hydrogens (tertiary/aromatic N) is 3. The van der Waals surface area contributed by atoms with E-state index in [0.29, 0.717) is 0 Å². The molecule has 0 saturated heterocycles. The summed E-state index contributed by atoms with van der Waals surface area (Å²) in [7, 11) is 2.03. The minimum atomic E-state index is 0.0314. The second-order valence-corrected chi connectivity index (χ2v) is 5.69. The van der Waals surface area contributed by atoms with Crippen LogP contribution >= 0.6 is 0 Å². The zero-order chi connectivity index (χ0) is 13.5. The lowest BCUT2D eigenvalue weighted by Crippen LogP contribution is -2.43. The Balaban J connectivity index is 2.11. The molecule has 0 radical (unpaired) electrons. The third-order valence-corrected chi connectivity index (χ3v) is 4.21. The summed E-state index contributed by atoms with van der Waals surface area (Å²) in [6.45, 7) is 6.16. The van der Waals surface area contributed by atoms with Crippen LogP contribution in [0.4, 0.5) is 0 Å². The number of hydrogen-bond acceptors (Lipinski definition) is 2. The smallest absolute Gasteiger partial charge is 0.143 e. The molecule has 98 valence electrons. The molecule has 0 bridgehead atoms. The lowest BCUT2D eigenvalue weighted by molar-refractivity contribution is 0.185. The van der Waals surface area contributed by atoms with Gasteiger partial charge in [0.25, 0.3) is 0 Å². The van der Waals surface area contributed by atoms with Gasteiger partial charge in [-0.05, 0) is 29.9 Å². The average Bonchev–Trinajstić information content (AvgIpc) is 2.81. The van der Waals surface area contributed by atoms with Gasteiger partial charge in [-0.25, -0.2) is 0 Å². The van der Waals surface area contributed by atoms with Crippen molar-refractivity contribution in [2.45, 2.75) is 25.2 Å². The topological polar surface area (TPSA) is 30.7 Å². The standard InChI is InChI=1S/C16H19N3/c1-4-13-6-5-7-14(8-13)16(9-12(2)10-16)15-18-17-11-19(15)3/h4-8,11-12H,1,9-10H2,2-3H3/t12-,16+. The molecule has 3 rings (SSSR count). The van der Waals surface area contributed by atoms with Gasteiger partial charge in [0, 0.05) is 7.05 Å². The molecule has 1 aromatic heterocycles. The van der Waals surface area contributed by atoms with E-state index in [-0.39, 0.29) is 5.41 Å². The Hall–Kier alpha value is -1.90. The molecule has 0 N–H and O–H groups in total. The molecule has 0 amide bonds. The van der Waals surface area contributed by atoms with Crippen molar-refractivity contribution in [3.05, 3.63) is 54.1 Å². The molecule has 1 aliphatic rings. The Morgan fingerprint density at radius 3 is 2.79 bits per heavy atom. The summed E-state index contributed by atoms with van der Waals surface area (Å²) in [5, 5.41) is 8.42. The van der Waals surface area contributed by atoms with Crippen molar-refractivity contribution < 1.29 is 0 Å². The lowest BCUT2D eigenvalue weighted by Gasteiger charge is -2.46. The molecular weight excluding hydrogens is 234 g/mol. The summed E-state index contributed by atoms with van der Waals surface area (Å²) in [5.41, 5.74) is 2.53. The van der Waals surface area contributed by atoms with Crippen LogP contribution < -0.4 is 0 Å². The molecule has 0 unspecified atom stereocenters. The third kappa shape index (κ3) is 1.81. The van der Waals surface area contributed by atoms with Gasteiger partial charge >= 0.3 is 0 Å². The second-order valence-electron chi connectivity index (χ2n) is 5.69. The molecule has 3 heteroatoms. The summed E-state index contributed by atoms with van der Waals surface area (Å²) in [5.74, 6) is 1.82. The first-order valence-electron chi connectivity index (χ1n) is 6.73. The van der Waals surface area contributed by atoms with Crippen molar-refractivity contribution in [3.8, 4) is 0 Å². The van der Waals surface area contributed by atoms with Gasteiger partial charge in [0.15, 0.2) is 0 Å². The highest BCUT2D eigenvalue weighted by Gasteiger charge is 2.47. The SMILES string of the molecule is C=Cc1cccc([C@]2(c3nncn3C)C[C@@H](C)C2)c1. The van der Waals surface area contributed by atoms with Gasteiger partial charge in [0.05, 0.1) is 5.41 Å². The van der Waals surface area contributed by atoms with Gasteiger partial charge < -0.3 is 4.57 Å². The molecule has 1 saturated carbocycles. The maximum absolute atomic E-state index is 4.36. The average molecular weight is 253 g/mol. The molecule has 1 aliphatic carbocycles. The molecule has 3 nitrogen and oxygen atoms in total. The van der Waals surface area contributed by atoms with E-state index in [0.717, 1.165) is 24.6 Å². The van der Waals surface area contributed by atoms with Crippen molar-refractivity contribution in [2.75, 3.05) is 0 Å². The number of aromatic nitrogens is 3. The van der Waals surface area contributed by atoms with E-state index >= 15 is 0 Å². The minimum absolute atomic E-state index is 0.0314. The first kappa shape index (κ1) is 12.2. The Labute approximate surface area is 114 Å². The zero-order valence-corrected chi connectivity index (χ0v) is 11.5. The predicted molar refractivity (Wildman–Crippen MR) is 76.7 cm³/mol. The van der Waals surface area contributed by atoms with Gasteiger partial charge in [-0.3, -0.25) is 0 Å². The van der Waals surface area contributed by atoms with E-state index in [1.54, 1.807) is 6.33 Å². The van der Waals surface area contributed by atoms with Crippen LogP contribution in [-0.4, -0.2) is 14.8 Å². The monoisotopic (exact) mass is 253 g/mol.